The SMILES string of the molecule is Cc1cccc(C)c1OC(C)CNN. The smallest absolute Gasteiger partial charge is 0.125 e. The van der Waals surface area contributed by atoms with Crippen LogP contribution in [0.25, 0.3) is 0 Å². The lowest BCUT2D eigenvalue weighted by Crippen LogP contribution is -2.33. The number of nitrogens with two attached hydrogens (primary N) is 1. The summed E-state index contributed by atoms with van der Waals surface area (Å²) in [6, 6.07) is 6.12. The summed E-state index contributed by atoms with van der Waals surface area (Å²) < 4.78 is 5.77. The number of aryl methyl sites for hydroxylation is 2. The quantitative estimate of drug-likeness (QED) is 0.564. The molecule has 0 fully saturated rings. The lowest BCUT2D eigenvalue weighted by Gasteiger charge is -2.17. The van der Waals surface area contributed by atoms with Crippen LogP contribution >= 0.6 is 0 Å². The van der Waals surface area contributed by atoms with Crippen LogP contribution in [0.3, 0.4) is 0 Å². The van der Waals surface area contributed by atoms with E-state index in [4.69, 9.17) is 10.6 Å². The Bertz CT molecular complexity index is 279. The van der Waals surface area contributed by atoms with Crippen LogP contribution in [-0.2, 0) is 0 Å². The first kappa shape index (κ1) is 11.0. The number of hydrogen-bond donors (Lipinski definition) is 2. The monoisotopic (exact) mass is 194 g/mol. The van der Waals surface area contributed by atoms with Crippen molar-refractivity contribution in [3.63, 3.8) is 0 Å². The van der Waals surface area contributed by atoms with Gasteiger partial charge >= 0.3 is 0 Å². The number of hydrazine groups is 1. The Balaban J connectivity index is 2.75. The third-order valence-electron chi connectivity index (χ3n) is 2.13. The molecule has 1 atom stereocenters. The van der Waals surface area contributed by atoms with Crippen LogP contribution in [-0.4, -0.2) is 12.6 Å². The molecule has 0 bridgehead atoms. The fourth-order valence-electron chi connectivity index (χ4n) is 1.39. The van der Waals surface area contributed by atoms with Crippen LogP contribution in [0.5, 0.6) is 5.75 Å². The predicted molar refractivity (Wildman–Crippen MR) is 58.2 cm³/mol. The van der Waals surface area contributed by atoms with E-state index >= 15 is 0 Å². The van der Waals surface area contributed by atoms with Crippen LogP contribution in [0.2, 0.25) is 0 Å². The third-order valence-corrected chi connectivity index (χ3v) is 2.13. The van der Waals surface area contributed by atoms with E-state index in [9.17, 15) is 0 Å². The Hall–Kier alpha value is -1.06. The molecule has 0 aliphatic carbocycles. The first-order valence-corrected chi connectivity index (χ1v) is 4.81. The summed E-state index contributed by atoms with van der Waals surface area (Å²) in [5.74, 6) is 6.20. The number of benzene rings is 1. The first-order valence-electron chi connectivity index (χ1n) is 4.81. The van der Waals surface area contributed by atoms with Crippen LogP contribution in [0.1, 0.15) is 18.1 Å². The Labute approximate surface area is 85.2 Å². The van der Waals surface area contributed by atoms with Gasteiger partial charge in [-0.1, -0.05) is 18.2 Å². The summed E-state index contributed by atoms with van der Waals surface area (Å²) in [5.41, 5.74) is 4.92. The van der Waals surface area contributed by atoms with Crippen molar-refractivity contribution in [3.05, 3.63) is 29.3 Å². The number of hydrogen-bond acceptors (Lipinski definition) is 3. The van der Waals surface area contributed by atoms with Gasteiger partial charge in [0.25, 0.3) is 0 Å². The van der Waals surface area contributed by atoms with Gasteiger partial charge in [0.05, 0.1) is 0 Å². The van der Waals surface area contributed by atoms with Crippen molar-refractivity contribution >= 4 is 0 Å². The molecule has 0 spiro atoms. The van der Waals surface area contributed by atoms with E-state index in [1.165, 1.54) is 0 Å². The van der Waals surface area contributed by atoms with Crippen LogP contribution in [0, 0.1) is 13.8 Å². The minimum atomic E-state index is 0.0831. The molecule has 3 heteroatoms. The van der Waals surface area contributed by atoms with Crippen molar-refractivity contribution in [3.8, 4) is 5.75 Å². The summed E-state index contributed by atoms with van der Waals surface area (Å²) in [6.07, 6.45) is 0.0831. The molecule has 0 saturated carbocycles. The lowest BCUT2D eigenvalue weighted by atomic mass is 10.1. The van der Waals surface area contributed by atoms with Gasteiger partial charge in [0, 0.05) is 6.54 Å². The van der Waals surface area contributed by atoms with Crippen LogP contribution < -0.4 is 16.0 Å². The topological polar surface area (TPSA) is 47.3 Å². The second kappa shape index (κ2) is 4.98. The molecule has 1 aromatic carbocycles. The molecule has 3 N–H and O–H groups in total. The number of para-hydroxylation sites is 1. The molecule has 3 nitrogen and oxygen atoms in total. The van der Waals surface area contributed by atoms with E-state index in [-0.39, 0.29) is 6.10 Å². The Kier molecular flexibility index (Phi) is 3.92. The highest BCUT2D eigenvalue weighted by molar-refractivity contribution is 5.39. The van der Waals surface area contributed by atoms with Crippen molar-refractivity contribution in [2.45, 2.75) is 26.9 Å². The van der Waals surface area contributed by atoms with Gasteiger partial charge in [-0.05, 0) is 31.9 Å². The molecular weight excluding hydrogens is 176 g/mol. The fourth-order valence-corrected chi connectivity index (χ4v) is 1.39. The van der Waals surface area contributed by atoms with E-state index in [1.807, 2.05) is 39.0 Å². The van der Waals surface area contributed by atoms with Crippen molar-refractivity contribution in [2.75, 3.05) is 6.54 Å². The van der Waals surface area contributed by atoms with Crippen LogP contribution in [0.15, 0.2) is 18.2 Å². The largest absolute Gasteiger partial charge is 0.489 e. The standard InChI is InChI=1S/C11H18N2O/c1-8-5-4-6-9(2)11(8)14-10(3)7-13-12/h4-6,10,13H,7,12H2,1-3H3. The maximum atomic E-state index is 5.77. The molecule has 1 unspecified atom stereocenters. The molecule has 0 heterocycles. The maximum absolute atomic E-state index is 5.77. The highest BCUT2D eigenvalue weighted by atomic mass is 16.5. The highest BCUT2D eigenvalue weighted by Gasteiger charge is 2.07. The normalized spacial score (nSPS) is 12.6. The van der Waals surface area contributed by atoms with Gasteiger partial charge in [-0.15, -0.1) is 0 Å². The summed E-state index contributed by atoms with van der Waals surface area (Å²) in [6.45, 7) is 6.73. The third kappa shape index (κ3) is 2.72. The summed E-state index contributed by atoms with van der Waals surface area (Å²) in [4.78, 5) is 0. The Morgan fingerprint density at radius 2 is 1.93 bits per heavy atom. The number of ether oxygens (including phenoxy) is 1. The van der Waals surface area contributed by atoms with Gasteiger partial charge in [-0.25, -0.2) is 0 Å². The highest BCUT2D eigenvalue weighted by Crippen LogP contribution is 2.23. The second-order valence-electron chi connectivity index (χ2n) is 3.56. The molecule has 0 amide bonds. The van der Waals surface area contributed by atoms with Gasteiger partial charge in [-0.2, -0.15) is 0 Å². The van der Waals surface area contributed by atoms with Gasteiger partial charge in [-0.3, -0.25) is 11.3 Å². The van der Waals surface area contributed by atoms with Gasteiger partial charge in [0.1, 0.15) is 11.9 Å². The molecule has 1 rings (SSSR count). The molecule has 0 aliphatic rings. The van der Waals surface area contributed by atoms with E-state index < -0.39 is 0 Å². The second-order valence-corrected chi connectivity index (χ2v) is 3.56. The molecule has 1 aromatic rings. The van der Waals surface area contributed by atoms with Gasteiger partial charge in [0.15, 0.2) is 0 Å². The van der Waals surface area contributed by atoms with E-state index in [0.29, 0.717) is 6.54 Å². The molecule has 0 saturated heterocycles. The molecule has 0 aromatic heterocycles. The Morgan fingerprint density at radius 1 is 1.36 bits per heavy atom. The molecule has 14 heavy (non-hydrogen) atoms. The predicted octanol–water partition coefficient (Wildman–Crippen LogP) is 1.53. The summed E-state index contributed by atoms with van der Waals surface area (Å²) in [7, 11) is 0. The number of nitrogens with one attached hydrogen (secondary N) is 1. The summed E-state index contributed by atoms with van der Waals surface area (Å²) in [5, 5.41) is 0. The molecule has 0 aliphatic heterocycles. The Morgan fingerprint density at radius 3 is 2.43 bits per heavy atom. The van der Waals surface area contributed by atoms with E-state index in [1.54, 1.807) is 0 Å². The molecular formula is C11H18N2O. The fraction of sp³-hybridized carbons (Fsp3) is 0.455. The van der Waals surface area contributed by atoms with Crippen molar-refractivity contribution in [1.82, 2.24) is 5.43 Å². The van der Waals surface area contributed by atoms with Crippen molar-refractivity contribution < 1.29 is 4.74 Å². The lowest BCUT2D eigenvalue weighted by molar-refractivity contribution is 0.215. The average Bonchev–Trinajstić information content (AvgIpc) is 2.12. The molecule has 78 valence electrons. The average molecular weight is 194 g/mol. The van der Waals surface area contributed by atoms with E-state index in [2.05, 4.69) is 5.43 Å². The number of rotatable bonds is 4. The zero-order valence-electron chi connectivity index (χ0n) is 9.00. The first-order chi connectivity index (χ1) is 6.65. The zero-order chi connectivity index (χ0) is 10.6. The van der Waals surface area contributed by atoms with Crippen molar-refractivity contribution in [1.29, 1.82) is 0 Å². The van der Waals surface area contributed by atoms with Crippen LogP contribution in [0.4, 0.5) is 0 Å². The molecule has 0 radical (unpaired) electrons. The van der Waals surface area contributed by atoms with E-state index in [0.717, 1.165) is 16.9 Å². The zero-order valence-corrected chi connectivity index (χ0v) is 9.00. The van der Waals surface area contributed by atoms with Crippen molar-refractivity contribution in [2.24, 2.45) is 5.84 Å². The summed E-state index contributed by atoms with van der Waals surface area (Å²) >= 11 is 0. The van der Waals surface area contributed by atoms with Gasteiger partial charge in [0.2, 0.25) is 0 Å². The minimum Gasteiger partial charge on any atom is -0.489 e. The van der Waals surface area contributed by atoms with Gasteiger partial charge < -0.3 is 4.74 Å². The minimum absolute atomic E-state index is 0.0831. The maximum Gasteiger partial charge on any atom is 0.125 e.